The summed E-state index contributed by atoms with van der Waals surface area (Å²) in [7, 11) is -1.70. The molecule has 0 aliphatic carbocycles. The van der Waals surface area contributed by atoms with Crippen LogP contribution in [-0.4, -0.2) is 18.0 Å². The van der Waals surface area contributed by atoms with Crippen molar-refractivity contribution in [2.45, 2.75) is 39.3 Å². The minimum absolute atomic E-state index is 0. The van der Waals surface area contributed by atoms with E-state index in [0.717, 1.165) is 61.0 Å². The standard InChI is InChI=1S/C28H28NSi.C24H16NO.Ir/c1-21(22-12-7-5-8-13-22)26-19-27(29-20-28(26)30(2,3)4)25-17-11-16-24(18-25)23-14-9-6-10-15-23;1-16-13-22(25-15-21(16)17-7-3-2-4-8-17)18-11-12-24-20(14-18)19-9-5-6-10-23(19)26-24;/h5-16,18-21H,1-4H3;2-10,12-15H,1H3;/q2*-1;/i21D;1D3;. The van der Waals surface area contributed by atoms with Gasteiger partial charge in [-0.15, -0.1) is 59.2 Å². The molecular formula is C52H44IrN2OSi-2. The van der Waals surface area contributed by atoms with E-state index in [1.54, 1.807) is 18.3 Å². The Hall–Kier alpha value is -5.71. The maximum Gasteiger partial charge on any atom is 0.120 e. The molecule has 0 fully saturated rings. The van der Waals surface area contributed by atoms with Crippen LogP contribution in [0.2, 0.25) is 19.6 Å². The first kappa shape index (κ1) is 34.5. The summed E-state index contributed by atoms with van der Waals surface area (Å²) in [6, 6.07) is 58.0. The van der Waals surface area contributed by atoms with Crippen LogP contribution in [0.3, 0.4) is 0 Å². The maximum atomic E-state index is 9.35. The number of aromatic nitrogens is 2. The zero-order valence-corrected chi connectivity index (χ0v) is 35.7. The third kappa shape index (κ3) is 8.67. The van der Waals surface area contributed by atoms with Crippen LogP contribution in [0.15, 0.2) is 175 Å². The van der Waals surface area contributed by atoms with Gasteiger partial charge in [0, 0.05) is 54.8 Å². The fraction of sp³-hybridized carbons (Fsp3) is 0.115. The number of hydrogen-bond donors (Lipinski definition) is 0. The number of pyridine rings is 2. The van der Waals surface area contributed by atoms with Gasteiger partial charge < -0.3 is 14.4 Å². The predicted molar refractivity (Wildman–Crippen MR) is 237 cm³/mol. The van der Waals surface area contributed by atoms with Crippen LogP contribution in [0.25, 0.3) is 66.7 Å². The molecule has 3 aromatic heterocycles. The number of aryl methyl sites for hydroxylation is 1. The number of rotatable bonds is 7. The molecule has 1 atom stereocenters. The fourth-order valence-electron chi connectivity index (χ4n) is 7.05. The van der Waals surface area contributed by atoms with Gasteiger partial charge in [-0.2, -0.15) is 0 Å². The van der Waals surface area contributed by atoms with Crippen molar-refractivity contribution in [3.63, 3.8) is 0 Å². The van der Waals surface area contributed by atoms with Crippen LogP contribution in [0.4, 0.5) is 0 Å². The second kappa shape index (κ2) is 17.2. The Labute approximate surface area is 356 Å². The molecule has 1 radical (unpaired) electrons. The third-order valence-corrected chi connectivity index (χ3v) is 12.1. The third-order valence-electron chi connectivity index (χ3n) is 10.1. The Morgan fingerprint density at radius 2 is 1.26 bits per heavy atom. The molecule has 0 saturated heterocycles. The molecule has 9 rings (SSSR count). The van der Waals surface area contributed by atoms with Crippen LogP contribution in [0.5, 0.6) is 0 Å². The summed E-state index contributed by atoms with van der Waals surface area (Å²) in [4.78, 5) is 9.40. The number of hydrogen-bond acceptors (Lipinski definition) is 3. The van der Waals surface area contributed by atoms with Gasteiger partial charge >= 0.3 is 0 Å². The molecule has 57 heavy (non-hydrogen) atoms. The molecule has 0 spiro atoms. The van der Waals surface area contributed by atoms with Gasteiger partial charge in [0.2, 0.25) is 0 Å². The average molecular weight is 937 g/mol. The van der Waals surface area contributed by atoms with E-state index in [0.29, 0.717) is 11.3 Å². The summed E-state index contributed by atoms with van der Waals surface area (Å²) < 4.78 is 39.3. The summed E-state index contributed by atoms with van der Waals surface area (Å²) in [5.41, 5.74) is 10.7. The van der Waals surface area contributed by atoms with Crippen LogP contribution in [-0.2, 0) is 20.1 Å². The molecule has 0 N–H and O–H groups in total. The molecule has 5 heteroatoms. The van der Waals surface area contributed by atoms with Crippen molar-refractivity contribution in [2.75, 3.05) is 0 Å². The summed E-state index contributed by atoms with van der Waals surface area (Å²) in [6.07, 6.45) is 3.65. The molecule has 3 nitrogen and oxygen atoms in total. The summed E-state index contributed by atoms with van der Waals surface area (Å²) in [5, 5.41) is 3.20. The van der Waals surface area contributed by atoms with Crippen molar-refractivity contribution in [1.82, 2.24) is 9.97 Å². The monoisotopic (exact) mass is 937 g/mol. The first-order valence-corrected chi connectivity index (χ1v) is 22.3. The van der Waals surface area contributed by atoms with Crippen LogP contribution in [0.1, 0.15) is 35.0 Å². The van der Waals surface area contributed by atoms with E-state index >= 15 is 0 Å². The van der Waals surface area contributed by atoms with Gasteiger partial charge in [0.05, 0.1) is 13.7 Å². The second-order valence-electron chi connectivity index (χ2n) is 14.9. The van der Waals surface area contributed by atoms with Crippen molar-refractivity contribution >= 4 is 35.2 Å². The van der Waals surface area contributed by atoms with Gasteiger partial charge in [-0.3, -0.25) is 0 Å². The smallest absolute Gasteiger partial charge is 0.120 e. The van der Waals surface area contributed by atoms with Crippen LogP contribution in [0, 0.1) is 19.0 Å². The molecule has 0 aliphatic heterocycles. The number of fused-ring (bicyclic) bond motifs is 3. The summed E-state index contributed by atoms with van der Waals surface area (Å²) >= 11 is 0. The molecular weight excluding hydrogens is 889 g/mol. The Kier molecular flexibility index (Phi) is 10.4. The molecule has 0 amide bonds. The molecule has 0 saturated carbocycles. The average Bonchev–Trinajstić information content (AvgIpc) is 3.65. The van der Waals surface area contributed by atoms with Crippen molar-refractivity contribution in [1.29, 1.82) is 0 Å². The van der Waals surface area contributed by atoms with E-state index in [-0.39, 0.29) is 25.7 Å². The van der Waals surface area contributed by atoms with Gasteiger partial charge in [-0.1, -0.05) is 153 Å². The minimum atomic E-state index is -2.25. The number of furan rings is 1. The second-order valence-corrected chi connectivity index (χ2v) is 20.0. The number of benzene rings is 6. The van der Waals surface area contributed by atoms with E-state index in [9.17, 15) is 1.37 Å². The molecule has 0 aliphatic rings. The molecule has 283 valence electrons. The summed E-state index contributed by atoms with van der Waals surface area (Å²) in [5.74, 6) is -0.856. The van der Waals surface area contributed by atoms with E-state index in [1.807, 2.05) is 116 Å². The Morgan fingerprint density at radius 3 is 1.98 bits per heavy atom. The normalized spacial score (nSPS) is 13.5. The number of nitrogens with zero attached hydrogens (tertiary/aromatic N) is 2. The van der Waals surface area contributed by atoms with Crippen molar-refractivity contribution in [3.8, 4) is 44.8 Å². The van der Waals surface area contributed by atoms with Crippen LogP contribution >= 0.6 is 0 Å². The van der Waals surface area contributed by atoms with E-state index < -0.39 is 20.8 Å². The van der Waals surface area contributed by atoms with E-state index in [2.05, 4.69) is 79.2 Å². The van der Waals surface area contributed by atoms with E-state index in [4.69, 9.17) is 13.5 Å². The van der Waals surface area contributed by atoms with Crippen molar-refractivity contribution in [2.24, 2.45) is 0 Å². The largest absolute Gasteiger partial charge is 0.500 e. The Balaban J connectivity index is 0.000000181. The topological polar surface area (TPSA) is 38.9 Å². The molecule has 1 unspecified atom stereocenters. The van der Waals surface area contributed by atoms with E-state index in [1.165, 1.54) is 10.8 Å². The first-order chi connectivity index (χ1) is 28.8. The SMILES string of the molecule is [2H]C(C)(c1ccccc1)c1cc(-c2[c-]ccc(-c3ccccc3)c2)ncc1[Si](C)(C)C.[2H]C([2H])([2H])c1cc(-c2[c-]cc3oc4ccccc4c3c2)ncc1-c1ccccc1.[Ir]. The van der Waals surface area contributed by atoms with Gasteiger partial charge in [0.15, 0.2) is 0 Å². The molecule has 6 aromatic carbocycles. The Morgan fingerprint density at radius 1 is 0.632 bits per heavy atom. The van der Waals surface area contributed by atoms with Gasteiger partial charge in [-0.25, -0.2) is 0 Å². The number of para-hydroxylation sites is 1. The minimum Gasteiger partial charge on any atom is -0.500 e. The maximum absolute atomic E-state index is 9.35. The first-order valence-electron chi connectivity index (χ1n) is 20.8. The molecule has 9 aromatic rings. The van der Waals surface area contributed by atoms with Gasteiger partial charge in [0.1, 0.15) is 5.58 Å². The van der Waals surface area contributed by atoms with Crippen LogP contribution < -0.4 is 5.19 Å². The fourth-order valence-corrected chi connectivity index (χ4v) is 8.57. The molecule has 0 bridgehead atoms. The van der Waals surface area contributed by atoms with Crippen molar-refractivity contribution in [3.05, 3.63) is 199 Å². The Bertz CT molecular complexity index is 2930. The van der Waals surface area contributed by atoms with Gasteiger partial charge in [0.25, 0.3) is 0 Å². The zero-order chi connectivity index (χ0) is 42.1. The van der Waals surface area contributed by atoms with Gasteiger partial charge in [-0.05, 0) is 57.3 Å². The quantitative estimate of drug-likeness (QED) is 0.118. The predicted octanol–water partition coefficient (Wildman–Crippen LogP) is 13.3. The molecule has 3 heterocycles. The zero-order valence-electron chi connectivity index (χ0n) is 36.3. The van der Waals surface area contributed by atoms with Crippen molar-refractivity contribution < 1.29 is 30.0 Å². The summed E-state index contributed by atoms with van der Waals surface area (Å²) in [6.45, 7) is 6.69.